The fraction of sp³-hybridized carbons (Fsp3) is 0.750. The lowest BCUT2D eigenvalue weighted by atomic mass is 10.0. The first-order valence-electron chi connectivity index (χ1n) is 4.79. The lowest BCUT2D eigenvalue weighted by Gasteiger charge is -2.31. The first-order chi connectivity index (χ1) is 9.23. The Morgan fingerprint density at radius 3 is 1.76 bits per heavy atom. The molecule has 13 heteroatoms. The Bertz CT molecular complexity index is 413. The van der Waals surface area contributed by atoms with Gasteiger partial charge in [-0.25, -0.2) is 13.6 Å². The highest BCUT2D eigenvalue weighted by molar-refractivity contribution is 5.89. The molecule has 0 rings (SSSR count). The highest BCUT2D eigenvalue weighted by Crippen LogP contribution is 2.48. The van der Waals surface area contributed by atoms with Crippen LogP contribution in [0, 0.1) is 0 Å². The monoisotopic (exact) mass is 333 g/mol. The molecule has 124 valence electrons. The third-order valence-corrected chi connectivity index (χ3v) is 2.16. The minimum absolute atomic E-state index is 0.627. The van der Waals surface area contributed by atoms with Crippen LogP contribution >= 0.6 is 0 Å². The molecule has 0 radical (unpaired) electrons. The van der Waals surface area contributed by atoms with Crippen LogP contribution in [0.4, 0.5) is 35.1 Å². The molecule has 0 unspecified atom stereocenters. The Morgan fingerprint density at radius 1 is 1.05 bits per heavy atom. The van der Waals surface area contributed by atoms with Crippen LogP contribution in [0.15, 0.2) is 0 Å². The number of carbonyl (C=O) groups is 2. The van der Waals surface area contributed by atoms with E-state index in [0.29, 0.717) is 5.32 Å². The maximum absolute atomic E-state index is 13.0. The number of hydrogen-bond donors (Lipinski definition) is 3. The van der Waals surface area contributed by atoms with Crippen LogP contribution in [0.2, 0.25) is 0 Å². The molecule has 0 fully saturated rings. The third-order valence-electron chi connectivity index (χ3n) is 2.16. The SMILES string of the molecule is O=C(O)[C@@H](CO)NC(=O)C(F)(F)C(F)(F)C(F)(F)C(F)F. The Kier molecular flexibility index (Phi) is 5.52. The van der Waals surface area contributed by atoms with Crippen molar-refractivity contribution in [3.05, 3.63) is 0 Å². The van der Waals surface area contributed by atoms with Gasteiger partial charge in [0.15, 0.2) is 6.04 Å². The Hall–Kier alpha value is -1.66. The van der Waals surface area contributed by atoms with Crippen molar-refractivity contribution in [3.63, 3.8) is 0 Å². The summed E-state index contributed by atoms with van der Waals surface area (Å²) in [6.45, 7) is -1.53. The molecule has 0 heterocycles. The van der Waals surface area contributed by atoms with E-state index in [2.05, 4.69) is 0 Å². The second-order valence-electron chi connectivity index (χ2n) is 3.62. The minimum Gasteiger partial charge on any atom is -0.480 e. The number of carboxylic acid groups (broad SMARTS) is 1. The predicted octanol–water partition coefficient (Wildman–Crippen LogP) is 0.719. The summed E-state index contributed by atoms with van der Waals surface area (Å²) in [7, 11) is 0. The zero-order chi connectivity index (χ0) is 17.2. The zero-order valence-corrected chi connectivity index (χ0v) is 9.60. The summed E-state index contributed by atoms with van der Waals surface area (Å²) < 4.78 is 99.8. The Labute approximate surface area is 110 Å². The molecular weight excluding hydrogens is 326 g/mol. The molecule has 0 aromatic carbocycles. The van der Waals surface area contributed by atoms with Gasteiger partial charge in [0.25, 0.3) is 5.91 Å². The molecule has 0 aliphatic heterocycles. The molecule has 0 aliphatic rings. The minimum atomic E-state index is -6.79. The van der Waals surface area contributed by atoms with Crippen molar-refractivity contribution in [1.29, 1.82) is 0 Å². The van der Waals surface area contributed by atoms with Crippen molar-refractivity contribution in [2.24, 2.45) is 0 Å². The zero-order valence-electron chi connectivity index (χ0n) is 9.60. The molecule has 0 bridgehead atoms. The molecule has 5 nitrogen and oxygen atoms in total. The molecule has 0 aromatic rings. The van der Waals surface area contributed by atoms with Gasteiger partial charge < -0.3 is 15.5 Å². The summed E-state index contributed by atoms with van der Waals surface area (Å²) in [5, 5.41) is 17.3. The van der Waals surface area contributed by atoms with Crippen LogP contribution in [-0.2, 0) is 9.59 Å². The molecule has 3 N–H and O–H groups in total. The average Bonchev–Trinajstić information content (AvgIpc) is 2.34. The maximum Gasteiger partial charge on any atom is 0.392 e. The lowest BCUT2D eigenvalue weighted by molar-refractivity contribution is -0.327. The summed E-state index contributed by atoms with van der Waals surface area (Å²) in [5.74, 6) is -25.1. The summed E-state index contributed by atoms with van der Waals surface area (Å²) in [4.78, 5) is 21.0. The summed E-state index contributed by atoms with van der Waals surface area (Å²) >= 11 is 0. The van der Waals surface area contributed by atoms with Gasteiger partial charge in [0.05, 0.1) is 6.61 Å². The second-order valence-corrected chi connectivity index (χ2v) is 3.62. The fourth-order valence-electron chi connectivity index (χ4n) is 0.923. The van der Waals surface area contributed by atoms with Gasteiger partial charge in [0.1, 0.15) is 0 Å². The normalized spacial score (nSPS) is 15.0. The number of carbonyl (C=O) groups excluding carboxylic acids is 1. The number of aliphatic carboxylic acids is 1. The van der Waals surface area contributed by atoms with Gasteiger partial charge in [-0.2, -0.15) is 26.3 Å². The maximum atomic E-state index is 13.0. The van der Waals surface area contributed by atoms with E-state index in [4.69, 9.17) is 10.2 Å². The number of carboxylic acids is 1. The van der Waals surface area contributed by atoms with E-state index in [9.17, 15) is 44.7 Å². The molecule has 0 saturated heterocycles. The van der Waals surface area contributed by atoms with Crippen LogP contribution in [0.1, 0.15) is 0 Å². The largest absolute Gasteiger partial charge is 0.480 e. The van der Waals surface area contributed by atoms with Crippen molar-refractivity contribution in [2.75, 3.05) is 6.61 Å². The van der Waals surface area contributed by atoms with E-state index >= 15 is 0 Å². The summed E-state index contributed by atoms with van der Waals surface area (Å²) in [6.07, 6.45) is -5.21. The van der Waals surface area contributed by atoms with Gasteiger partial charge in [-0.3, -0.25) is 4.79 Å². The van der Waals surface area contributed by atoms with Gasteiger partial charge >= 0.3 is 30.2 Å². The van der Waals surface area contributed by atoms with Gasteiger partial charge in [-0.05, 0) is 0 Å². The molecule has 0 saturated carbocycles. The molecular formula is C8H7F8NO4. The molecule has 21 heavy (non-hydrogen) atoms. The number of aliphatic hydroxyl groups is 1. The van der Waals surface area contributed by atoms with Crippen molar-refractivity contribution in [1.82, 2.24) is 5.32 Å². The summed E-state index contributed by atoms with van der Waals surface area (Å²) in [5.41, 5.74) is 0. The average molecular weight is 333 g/mol. The third kappa shape index (κ3) is 3.33. The quantitative estimate of drug-likeness (QED) is 0.599. The van der Waals surface area contributed by atoms with Crippen molar-refractivity contribution >= 4 is 11.9 Å². The lowest BCUT2D eigenvalue weighted by Crippen LogP contribution is -2.64. The fourth-order valence-corrected chi connectivity index (χ4v) is 0.923. The number of nitrogens with one attached hydrogen (secondary N) is 1. The molecule has 0 aromatic heterocycles. The number of amides is 1. The molecule has 0 spiro atoms. The second kappa shape index (κ2) is 5.99. The van der Waals surface area contributed by atoms with Crippen molar-refractivity contribution < 1.29 is 54.9 Å². The smallest absolute Gasteiger partial charge is 0.392 e. The van der Waals surface area contributed by atoms with E-state index in [1.54, 1.807) is 0 Å². The number of rotatable bonds is 7. The van der Waals surface area contributed by atoms with Gasteiger partial charge in [0, 0.05) is 0 Å². The topological polar surface area (TPSA) is 86.6 Å². The van der Waals surface area contributed by atoms with Crippen LogP contribution in [-0.4, -0.2) is 58.9 Å². The first-order valence-corrected chi connectivity index (χ1v) is 4.79. The highest BCUT2D eigenvalue weighted by atomic mass is 19.4. The molecule has 1 atom stereocenters. The van der Waals surface area contributed by atoms with Crippen molar-refractivity contribution in [3.8, 4) is 0 Å². The van der Waals surface area contributed by atoms with E-state index in [1.807, 2.05) is 0 Å². The Balaban J connectivity index is 5.45. The van der Waals surface area contributed by atoms with Crippen LogP contribution in [0.3, 0.4) is 0 Å². The van der Waals surface area contributed by atoms with Crippen LogP contribution in [0.5, 0.6) is 0 Å². The molecule has 0 aliphatic carbocycles. The highest BCUT2D eigenvalue weighted by Gasteiger charge is 2.78. The number of aliphatic hydroxyl groups excluding tert-OH is 1. The predicted molar refractivity (Wildman–Crippen MR) is 47.5 cm³/mol. The number of hydrogen-bond acceptors (Lipinski definition) is 3. The standard InChI is InChI=1S/C8H7F8NO4/c9-4(10)6(11,12)8(15,16)7(13,14)5(21)17-2(1-18)3(19)20/h2,4,18H,1H2,(H,17,21)(H,19,20)/t2-/m1/s1. The van der Waals surface area contributed by atoms with Gasteiger partial charge in [-0.15, -0.1) is 0 Å². The number of alkyl halides is 8. The Morgan fingerprint density at radius 2 is 1.48 bits per heavy atom. The molecule has 1 amide bonds. The van der Waals surface area contributed by atoms with Crippen LogP contribution in [0.25, 0.3) is 0 Å². The van der Waals surface area contributed by atoms with E-state index < -0.39 is 48.7 Å². The van der Waals surface area contributed by atoms with E-state index in [-0.39, 0.29) is 0 Å². The van der Waals surface area contributed by atoms with Crippen molar-refractivity contribution in [2.45, 2.75) is 30.2 Å². The van der Waals surface area contributed by atoms with Gasteiger partial charge in [-0.1, -0.05) is 0 Å². The van der Waals surface area contributed by atoms with Gasteiger partial charge in [0.2, 0.25) is 0 Å². The summed E-state index contributed by atoms with van der Waals surface area (Å²) in [6, 6.07) is -2.51. The number of halogens is 8. The van der Waals surface area contributed by atoms with Crippen LogP contribution < -0.4 is 5.32 Å². The first kappa shape index (κ1) is 19.3. The van der Waals surface area contributed by atoms with E-state index in [1.165, 1.54) is 0 Å². The van der Waals surface area contributed by atoms with E-state index in [0.717, 1.165) is 0 Å².